The van der Waals surface area contributed by atoms with Gasteiger partial charge in [-0.25, -0.2) is 0 Å². The quantitative estimate of drug-likeness (QED) is 0.326. The minimum atomic E-state index is -0.0321. The number of rotatable bonds is 11. The zero-order valence-corrected chi connectivity index (χ0v) is 13.1. The van der Waals surface area contributed by atoms with Crippen molar-refractivity contribution in [3.63, 3.8) is 0 Å². The molecule has 0 aromatic carbocycles. The molecule has 0 spiro atoms. The van der Waals surface area contributed by atoms with Crippen molar-refractivity contribution in [1.82, 2.24) is 4.90 Å². The lowest BCUT2D eigenvalue weighted by molar-refractivity contribution is -0.148. The largest absolute Gasteiger partial charge is 0.465 e. The normalized spacial score (nSPS) is 19.1. The number of ether oxygens (including phenoxy) is 1. The van der Waals surface area contributed by atoms with E-state index in [-0.39, 0.29) is 12.0 Å². The second kappa shape index (κ2) is 10.9. The summed E-state index contributed by atoms with van der Waals surface area (Å²) in [5, 5.41) is 0. The highest BCUT2D eigenvalue weighted by atomic mass is 16.5. The molecule has 1 saturated heterocycles. The molecule has 0 amide bonds. The van der Waals surface area contributed by atoms with Crippen LogP contribution in [-0.4, -0.2) is 36.6 Å². The molecule has 0 aliphatic carbocycles. The van der Waals surface area contributed by atoms with Gasteiger partial charge in [-0.1, -0.05) is 51.5 Å². The number of hydrogen-bond donors (Lipinski definition) is 0. The van der Waals surface area contributed by atoms with Crippen molar-refractivity contribution in [3.05, 3.63) is 12.7 Å². The van der Waals surface area contributed by atoms with Crippen LogP contribution >= 0.6 is 0 Å². The van der Waals surface area contributed by atoms with Crippen LogP contribution < -0.4 is 0 Å². The molecule has 20 heavy (non-hydrogen) atoms. The van der Waals surface area contributed by atoms with Gasteiger partial charge in [-0.3, -0.25) is 9.69 Å². The van der Waals surface area contributed by atoms with Crippen LogP contribution in [0.5, 0.6) is 0 Å². The van der Waals surface area contributed by atoms with Crippen molar-refractivity contribution in [3.8, 4) is 0 Å². The molecular weight excluding hydrogens is 250 g/mol. The lowest BCUT2D eigenvalue weighted by Crippen LogP contribution is -2.37. The second-order valence-corrected chi connectivity index (χ2v) is 5.73. The molecule has 1 aliphatic heterocycles. The van der Waals surface area contributed by atoms with Gasteiger partial charge < -0.3 is 4.74 Å². The zero-order valence-electron chi connectivity index (χ0n) is 13.1. The Bertz CT molecular complexity index is 278. The van der Waals surface area contributed by atoms with E-state index < -0.39 is 0 Å². The van der Waals surface area contributed by atoms with E-state index in [2.05, 4.69) is 18.4 Å². The molecule has 1 atom stereocenters. The highest BCUT2D eigenvalue weighted by Gasteiger charge is 2.30. The van der Waals surface area contributed by atoms with Gasteiger partial charge in [0.25, 0.3) is 0 Å². The Labute approximate surface area is 124 Å². The van der Waals surface area contributed by atoms with Gasteiger partial charge in [0.2, 0.25) is 0 Å². The average Bonchev–Trinajstić information content (AvgIpc) is 2.90. The molecule has 1 fully saturated rings. The van der Waals surface area contributed by atoms with Gasteiger partial charge in [-0.15, -0.1) is 6.58 Å². The number of unbranched alkanes of at least 4 members (excludes halogenated alkanes) is 6. The van der Waals surface area contributed by atoms with E-state index in [0.717, 1.165) is 32.4 Å². The molecule has 3 nitrogen and oxygen atoms in total. The third kappa shape index (κ3) is 6.56. The SMILES string of the molecule is C=CCN1CCCC1C(=O)OCCCCCCCCC. The van der Waals surface area contributed by atoms with E-state index >= 15 is 0 Å². The summed E-state index contributed by atoms with van der Waals surface area (Å²) < 4.78 is 5.42. The number of esters is 1. The number of carbonyl (C=O) groups is 1. The summed E-state index contributed by atoms with van der Waals surface area (Å²) in [5.74, 6) is -0.0321. The van der Waals surface area contributed by atoms with E-state index in [1.165, 1.54) is 38.5 Å². The summed E-state index contributed by atoms with van der Waals surface area (Å²) in [6.45, 7) is 8.34. The van der Waals surface area contributed by atoms with Crippen LogP contribution in [0.3, 0.4) is 0 Å². The van der Waals surface area contributed by atoms with E-state index in [4.69, 9.17) is 4.74 Å². The molecule has 116 valence electrons. The van der Waals surface area contributed by atoms with E-state index in [9.17, 15) is 4.79 Å². The minimum absolute atomic E-state index is 0.0300. The third-order valence-electron chi connectivity index (χ3n) is 3.99. The summed E-state index contributed by atoms with van der Waals surface area (Å²) in [5.41, 5.74) is 0. The molecule has 0 saturated carbocycles. The molecule has 1 heterocycles. The second-order valence-electron chi connectivity index (χ2n) is 5.73. The van der Waals surface area contributed by atoms with Crippen molar-refractivity contribution in [2.45, 2.75) is 70.8 Å². The highest BCUT2D eigenvalue weighted by molar-refractivity contribution is 5.76. The number of nitrogens with zero attached hydrogens (tertiary/aromatic N) is 1. The Kier molecular flexibility index (Phi) is 9.38. The van der Waals surface area contributed by atoms with Crippen LogP contribution in [0, 0.1) is 0 Å². The first-order valence-electron chi connectivity index (χ1n) is 8.31. The van der Waals surface area contributed by atoms with Gasteiger partial charge >= 0.3 is 5.97 Å². The van der Waals surface area contributed by atoms with Gasteiger partial charge in [0.15, 0.2) is 0 Å². The van der Waals surface area contributed by atoms with Crippen LogP contribution in [0.15, 0.2) is 12.7 Å². The standard InChI is InChI=1S/C17H31NO2/c1-3-5-6-7-8-9-10-15-20-17(19)16-12-11-14-18(16)13-4-2/h4,16H,2-3,5-15H2,1H3. The van der Waals surface area contributed by atoms with Gasteiger partial charge in [0.1, 0.15) is 6.04 Å². The van der Waals surface area contributed by atoms with Crippen molar-refractivity contribution < 1.29 is 9.53 Å². The number of likely N-dealkylation sites (tertiary alicyclic amines) is 1. The monoisotopic (exact) mass is 281 g/mol. The number of hydrogen-bond acceptors (Lipinski definition) is 3. The summed E-state index contributed by atoms with van der Waals surface area (Å²) in [6.07, 6.45) is 12.6. The maximum absolute atomic E-state index is 12.0. The van der Waals surface area contributed by atoms with Gasteiger partial charge in [-0.2, -0.15) is 0 Å². The summed E-state index contributed by atoms with van der Waals surface area (Å²) in [6, 6.07) is -0.0300. The Balaban J connectivity index is 2.03. The average molecular weight is 281 g/mol. The topological polar surface area (TPSA) is 29.5 Å². The van der Waals surface area contributed by atoms with E-state index in [1.807, 2.05) is 6.08 Å². The van der Waals surface area contributed by atoms with Gasteiger partial charge in [-0.05, 0) is 25.8 Å². The zero-order chi connectivity index (χ0) is 14.6. The Hall–Kier alpha value is -0.830. The van der Waals surface area contributed by atoms with Crippen LogP contribution in [-0.2, 0) is 9.53 Å². The summed E-state index contributed by atoms with van der Waals surface area (Å²) >= 11 is 0. The first kappa shape index (κ1) is 17.2. The summed E-state index contributed by atoms with van der Waals surface area (Å²) in [7, 11) is 0. The molecular formula is C17H31NO2. The van der Waals surface area contributed by atoms with Crippen LogP contribution in [0.4, 0.5) is 0 Å². The lowest BCUT2D eigenvalue weighted by atomic mass is 10.1. The predicted molar refractivity (Wildman–Crippen MR) is 83.7 cm³/mol. The van der Waals surface area contributed by atoms with Crippen LogP contribution in [0.25, 0.3) is 0 Å². The Morgan fingerprint density at radius 1 is 1.25 bits per heavy atom. The Morgan fingerprint density at radius 2 is 1.95 bits per heavy atom. The van der Waals surface area contributed by atoms with E-state index in [1.54, 1.807) is 0 Å². The molecule has 3 heteroatoms. The van der Waals surface area contributed by atoms with Crippen molar-refractivity contribution in [1.29, 1.82) is 0 Å². The maximum atomic E-state index is 12.0. The smallest absolute Gasteiger partial charge is 0.323 e. The lowest BCUT2D eigenvalue weighted by Gasteiger charge is -2.21. The first-order valence-corrected chi connectivity index (χ1v) is 8.31. The van der Waals surface area contributed by atoms with Crippen molar-refractivity contribution >= 4 is 5.97 Å². The molecule has 1 unspecified atom stereocenters. The molecule has 0 radical (unpaired) electrons. The van der Waals surface area contributed by atoms with Crippen LogP contribution in [0.1, 0.15) is 64.7 Å². The fraction of sp³-hybridized carbons (Fsp3) is 0.824. The first-order chi connectivity index (χ1) is 9.79. The highest BCUT2D eigenvalue weighted by Crippen LogP contribution is 2.18. The predicted octanol–water partition coefficient (Wildman–Crippen LogP) is 3.93. The van der Waals surface area contributed by atoms with E-state index in [0.29, 0.717) is 6.61 Å². The molecule has 0 N–H and O–H groups in total. The van der Waals surface area contributed by atoms with Crippen molar-refractivity contribution in [2.24, 2.45) is 0 Å². The molecule has 1 rings (SSSR count). The van der Waals surface area contributed by atoms with Gasteiger partial charge in [0, 0.05) is 6.54 Å². The van der Waals surface area contributed by atoms with Gasteiger partial charge in [0.05, 0.1) is 6.61 Å². The Morgan fingerprint density at radius 3 is 2.65 bits per heavy atom. The minimum Gasteiger partial charge on any atom is -0.465 e. The maximum Gasteiger partial charge on any atom is 0.323 e. The fourth-order valence-corrected chi connectivity index (χ4v) is 2.81. The molecule has 0 aromatic rings. The van der Waals surface area contributed by atoms with Crippen LogP contribution in [0.2, 0.25) is 0 Å². The molecule has 0 aromatic heterocycles. The fourth-order valence-electron chi connectivity index (χ4n) is 2.81. The number of carbonyl (C=O) groups excluding carboxylic acids is 1. The molecule has 1 aliphatic rings. The van der Waals surface area contributed by atoms with Crippen molar-refractivity contribution in [2.75, 3.05) is 19.7 Å². The molecule has 0 bridgehead atoms. The third-order valence-corrected chi connectivity index (χ3v) is 3.99. The summed E-state index contributed by atoms with van der Waals surface area (Å²) in [4.78, 5) is 14.2.